The van der Waals surface area contributed by atoms with Gasteiger partial charge < -0.3 is 10.1 Å². The number of nitrogens with zero attached hydrogens (tertiary/aromatic N) is 3. The summed E-state index contributed by atoms with van der Waals surface area (Å²) in [6.45, 7) is 1.80. The number of rotatable bonds is 4. The maximum absolute atomic E-state index is 11.1. The molecule has 0 amide bonds. The van der Waals surface area contributed by atoms with Crippen molar-refractivity contribution in [1.82, 2.24) is 9.97 Å². The lowest BCUT2D eigenvalue weighted by Gasteiger charge is -2.09. The van der Waals surface area contributed by atoms with Crippen LogP contribution in [0, 0.1) is 17.0 Å². The van der Waals surface area contributed by atoms with Gasteiger partial charge in [-0.25, -0.2) is 4.98 Å². The van der Waals surface area contributed by atoms with E-state index in [2.05, 4.69) is 15.3 Å². The summed E-state index contributed by atoms with van der Waals surface area (Å²) in [6, 6.07) is 5.03. The largest absolute Gasteiger partial charge is 0.433 e. The van der Waals surface area contributed by atoms with Gasteiger partial charge in [0.2, 0.25) is 5.82 Å². The molecule has 0 aliphatic carbocycles. The van der Waals surface area contributed by atoms with E-state index in [1.165, 1.54) is 13.4 Å². The molecule has 0 aliphatic heterocycles. The van der Waals surface area contributed by atoms with Gasteiger partial charge in [0.15, 0.2) is 0 Å². The second-order valence-electron chi connectivity index (χ2n) is 3.90. The van der Waals surface area contributed by atoms with Crippen molar-refractivity contribution in [2.75, 3.05) is 12.4 Å². The Balaban J connectivity index is 2.48. The first-order valence-corrected chi connectivity index (χ1v) is 6.02. The molecule has 0 aliphatic rings. The molecule has 0 spiro atoms. The molecular formula is C12H11ClN4O3. The average Bonchev–Trinajstić information content (AvgIpc) is 2.42. The number of halogens is 1. The zero-order valence-electron chi connectivity index (χ0n) is 10.8. The van der Waals surface area contributed by atoms with Crippen LogP contribution in [-0.4, -0.2) is 21.9 Å². The van der Waals surface area contributed by atoms with E-state index in [9.17, 15) is 10.1 Å². The third kappa shape index (κ3) is 2.77. The molecule has 0 fully saturated rings. The van der Waals surface area contributed by atoms with Gasteiger partial charge in [0, 0.05) is 12.1 Å². The van der Waals surface area contributed by atoms with Crippen LogP contribution in [0.3, 0.4) is 0 Å². The van der Waals surface area contributed by atoms with Gasteiger partial charge in [-0.1, -0.05) is 17.7 Å². The van der Waals surface area contributed by atoms with Crippen molar-refractivity contribution < 1.29 is 9.66 Å². The number of aromatic nitrogens is 2. The number of hydrogen-bond acceptors (Lipinski definition) is 6. The molecule has 0 atom stereocenters. The van der Waals surface area contributed by atoms with Crippen LogP contribution >= 0.6 is 11.6 Å². The van der Waals surface area contributed by atoms with E-state index in [4.69, 9.17) is 16.3 Å². The minimum Gasteiger partial charge on any atom is -0.433 e. The second-order valence-corrected chi connectivity index (χ2v) is 4.33. The molecule has 1 aromatic carbocycles. The van der Waals surface area contributed by atoms with Crippen molar-refractivity contribution >= 4 is 23.1 Å². The van der Waals surface area contributed by atoms with E-state index in [0.717, 1.165) is 5.56 Å². The van der Waals surface area contributed by atoms with Gasteiger partial charge in [-0.3, -0.25) is 10.1 Å². The van der Waals surface area contributed by atoms with Crippen LogP contribution < -0.4 is 10.1 Å². The highest BCUT2D eigenvalue weighted by molar-refractivity contribution is 6.30. The Bertz CT molecular complexity index is 663. The predicted molar refractivity (Wildman–Crippen MR) is 74.5 cm³/mol. The molecule has 20 heavy (non-hydrogen) atoms. The van der Waals surface area contributed by atoms with E-state index in [0.29, 0.717) is 10.8 Å². The fourth-order valence-electron chi connectivity index (χ4n) is 1.57. The Morgan fingerprint density at radius 3 is 2.80 bits per heavy atom. The Morgan fingerprint density at radius 2 is 2.15 bits per heavy atom. The number of nitro groups is 1. The molecule has 0 bridgehead atoms. The molecule has 1 N–H and O–H groups in total. The number of nitrogens with one attached hydrogen (secondary N) is 1. The van der Waals surface area contributed by atoms with E-state index in [1.807, 2.05) is 0 Å². The summed E-state index contributed by atoms with van der Waals surface area (Å²) in [5.74, 6) is 0.348. The quantitative estimate of drug-likeness (QED) is 0.688. The van der Waals surface area contributed by atoms with Crippen LogP contribution in [0.25, 0.3) is 0 Å². The van der Waals surface area contributed by atoms with Gasteiger partial charge in [-0.15, -0.1) is 0 Å². The van der Waals surface area contributed by atoms with Gasteiger partial charge in [0.05, 0.1) is 4.92 Å². The SMILES string of the molecule is CNc1ncnc(Oc2cc(Cl)ccc2C)c1[N+](=O)[O-]. The Labute approximate surface area is 119 Å². The van der Waals surface area contributed by atoms with Crippen molar-refractivity contribution in [1.29, 1.82) is 0 Å². The molecule has 0 unspecified atom stereocenters. The van der Waals surface area contributed by atoms with Crippen molar-refractivity contribution in [3.63, 3.8) is 0 Å². The summed E-state index contributed by atoms with van der Waals surface area (Å²) in [5, 5.41) is 14.2. The van der Waals surface area contributed by atoms with Crippen LogP contribution in [0.2, 0.25) is 5.02 Å². The summed E-state index contributed by atoms with van der Waals surface area (Å²) >= 11 is 5.88. The molecule has 8 heteroatoms. The zero-order chi connectivity index (χ0) is 14.7. The summed E-state index contributed by atoms with van der Waals surface area (Å²) in [4.78, 5) is 18.1. The fourth-order valence-corrected chi connectivity index (χ4v) is 1.73. The summed E-state index contributed by atoms with van der Waals surface area (Å²) < 4.78 is 5.51. The highest BCUT2D eigenvalue weighted by Gasteiger charge is 2.24. The van der Waals surface area contributed by atoms with Gasteiger partial charge in [-0.2, -0.15) is 4.98 Å². The molecule has 0 saturated heterocycles. The average molecular weight is 295 g/mol. The molecular weight excluding hydrogens is 284 g/mol. The zero-order valence-corrected chi connectivity index (χ0v) is 11.5. The summed E-state index contributed by atoms with van der Waals surface area (Å²) in [7, 11) is 1.53. The fraction of sp³-hybridized carbons (Fsp3) is 0.167. The topological polar surface area (TPSA) is 90.2 Å². The van der Waals surface area contributed by atoms with Gasteiger partial charge >= 0.3 is 11.6 Å². The third-order valence-corrected chi connectivity index (χ3v) is 2.80. The number of benzene rings is 1. The number of aryl methyl sites for hydroxylation is 1. The molecule has 2 rings (SSSR count). The van der Waals surface area contributed by atoms with E-state index in [-0.39, 0.29) is 17.4 Å². The number of anilines is 1. The first-order chi connectivity index (χ1) is 9.52. The molecule has 2 aromatic rings. The Kier molecular flexibility index (Phi) is 3.99. The van der Waals surface area contributed by atoms with Crippen molar-refractivity contribution in [2.24, 2.45) is 0 Å². The van der Waals surface area contributed by atoms with Gasteiger partial charge in [-0.05, 0) is 24.6 Å². The predicted octanol–water partition coefficient (Wildman–Crippen LogP) is 3.18. The Hall–Kier alpha value is -2.41. The lowest BCUT2D eigenvalue weighted by molar-refractivity contribution is -0.385. The lowest BCUT2D eigenvalue weighted by Crippen LogP contribution is -2.03. The summed E-state index contributed by atoms with van der Waals surface area (Å²) in [5.41, 5.74) is 0.461. The smallest absolute Gasteiger partial charge is 0.373 e. The standard InChI is InChI=1S/C12H11ClN4O3/c1-7-3-4-8(13)5-9(7)20-12-10(17(18)19)11(14-2)15-6-16-12/h3-6H,1-2H3,(H,14,15,16). The molecule has 7 nitrogen and oxygen atoms in total. The minimum atomic E-state index is -0.596. The van der Waals surface area contributed by atoms with E-state index in [1.54, 1.807) is 25.1 Å². The molecule has 104 valence electrons. The lowest BCUT2D eigenvalue weighted by atomic mass is 10.2. The van der Waals surface area contributed by atoms with E-state index < -0.39 is 4.92 Å². The minimum absolute atomic E-state index is 0.0830. The highest BCUT2D eigenvalue weighted by Crippen LogP contribution is 2.35. The van der Waals surface area contributed by atoms with Crippen molar-refractivity contribution in [3.8, 4) is 11.6 Å². The van der Waals surface area contributed by atoms with Crippen LogP contribution in [0.1, 0.15) is 5.56 Å². The second kappa shape index (κ2) is 5.70. The van der Waals surface area contributed by atoms with Crippen LogP contribution in [0.15, 0.2) is 24.5 Å². The highest BCUT2D eigenvalue weighted by atomic mass is 35.5. The van der Waals surface area contributed by atoms with E-state index >= 15 is 0 Å². The number of hydrogen-bond donors (Lipinski definition) is 1. The third-order valence-electron chi connectivity index (χ3n) is 2.56. The van der Waals surface area contributed by atoms with Gasteiger partial charge in [0.1, 0.15) is 12.1 Å². The maximum atomic E-state index is 11.1. The monoisotopic (exact) mass is 294 g/mol. The van der Waals surface area contributed by atoms with Crippen LogP contribution in [0.4, 0.5) is 11.5 Å². The van der Waals surface area contributed by atoms with Crippen molar-refractivity contribution in [3.05, 3.63) is 45.2 Å². The molecule has 0 saturated carbocycles. The van der Waals surface area contributed by atoms with Gasteiger partial charge in [0.25, 0.3) is 0 Å². The van der Waals surface area contributed by atoms with Crippen LogP contribution in [-0.2, 0) is 0 Å². The Morgan fingerprint density at radius 1 is 1.40 bits per heavy atom. The van der Waals surface area contributed by atoms with Crippen molar-refractivity contribution in [2.45, 2.75) is 6.92 Å². The van der Waals surface area contributed by atoms with Crippen LogP contribution in [0.5, 0.6) is 11.6 Å². The first kappa shape index (κ1) is 14.0. The molecule has 1 heterocycles. The molecule has 1 aromatic heterocycles. The first-order valence-electron chi connectivity index (χ1n) is 5.64. The molecule has 0 radical (unpaired) electrons. The number of ether oxygens (including phenoxy) is 1. The normalized spacial score (nSPS) is 10.2. The maximum Gasteiger partial charge on any atom is 0.373 e. The summed E-state index contributed by atoms with van der Waals surface area (Å²) in [6.07, 6.45) is 1.19.